The predicted molar refractivity (Wildman–Crippen MR) is 162 cm³/mol. The number of alkyl halides is 2. The van der Waals surface area contributed by atoms with E-state index in [1.807, 2.05) is 50.9 Å². The van der Waals surface area contributed by atoms with Gasteiger partial charge in [0.15, 0.2) is 0 Å². The summed E-state index contributed by atoms with van der Waals surface area (Å²) in [6.07, 6.45) is -0.113. The molecule has 0 bridgehead atoms. The summed E-state index contributed by atoms with van der Waals surface area (Å²) in [7, 11) is 0. The molecule has 9 heteroatoms. The van der Waals surface area contributed by atoms with Crippen molar-refractivity contribution in [2.24, 2.45) is 26.1 Å². The number of nitrogens with zero attached hydrogens (tertiary/aromatic N) is 6. The summed E-state index contributed by atoms with van der Waals surface area (Å²) in [4.78, 5) is 11.6. The lowest BCUT2D eigenvalue weighted by molar-refractivity contribution is 0.221. The van der Waals surface area contributed by atoms with Gasteiger partial charge >= 0.3 is 0 Å². The third kappa shape index (κ3) is 8.05. The largest absolute Gasteiger partial charge is 0.312 e. The van der Waals surface area contributed by atoms with Crippen LogP contribution in [0.2, 0.25) is 0 Å². The molecule has 3 heterocycles. The zero-order chi connectivity index (χ0) is 27.6. The Kier molecular flexibility index (Phi) is 10.8. The first-order valence-electron chi connectivity index (χ1n) is 13.8. The number of anilines is 1. The standard InChI is InChI=1S/C28H32F2N6S.C2H6/c1-20-31-18-27(32-20)23-11-13-35(14-12-23)15-16-37-36(24-5-3-2-4-6-24)19-21-7-9-22(10-8-21)25-17-26(28(29)30)34-33-25;1-2/h2-10,23,28H,11-19H2,1H3;1-2H3. The van der Waals surface area contributed by atoms with Crippen molar-refractivity contribution in [3.8, 4) is 0 Å². The quantitative estimate of drug-likeness (QED) is 0.306. The molecule has 0 saturated carbocycles. The van der Waals surface area contributed by atoms with E-state index < -0.39 is 6.43 Å². The summed E-state index contributed by atoms with van der Waals surface area (Å²) in [5, 5.41) is 7.59. The fourth-order valence-electron chi connectivity index (χ4n) is 4.89. The third-order valence-corrected chi connectivity index (χ3v) is 8.06. The van der Waals surface area contributed by atoms with Crippen molar-refractivity contribution in [2.75, 3.05) is 36.2 Å². The molecular weight excluding hydrogens is 514 g/mol. The van der Waals surface area contributed by atoms with Crippen molar-refractivity contribution >= 4 is 40.6 Å². The predicted octanol–water partition coefficient (Wildman–Crippen LogP) is 6.77. The van der Waals surface area contributed by atoms with E-state index >= 15 is 0 Å². The van der Waals surface area contributed by atoms with E-state index in [-0.39, 0.29) is 12.1 Å². The Morgan fingerprint density at radius 1 is 1.00 bits per heavy atom. The Labute approximate surface area is 235 Å². The number of benzene rings is 2. The number of likely N-dealkylation sites (tertiary alicyclic amines) is 1. The van der Waals surface area contributed by atoms with Gasteiger partial charge in [-0.25, -0.2) is 13.8 Å². The molecular formula is C30H38F2N6S. The molecule has 1 saturated heterocycles. The third-order valence-electron chi connectivity index (χ3n) is 7.05. The average Bonchev–Trinajstić information content (AvgIpc) is 3.65. The van der Waals surface area contributed by atoms with Crippen LogP contribution in [0.25, 0.3) is 0 Å². The van der Waals surface area contributed by atoms with Gasteiger partial charge in [-0.05, 0) is 68.1 Å². The molecule has 2 aromatic rings. The van der Waals surface area contributed by atoms with E-state index in [4.69, 9.17) is 0 Å². The molecule has 2 aromatic carbocycles. The number of halogens is 2. The van der Waals surface area contributed by atoms with Gasteiger partial charge in [-0.15, -0.1) is 0 Å². The second-order valence-corrected chi connectivity index (χ2v) is 10.7. The molecule has 0 amide bonds. The Bertz CT molecular complexity index is 1190. The van der Waals surface area contributed by atoms with Gasteiger partial charge in [0, 0.05) is 36.0 Å². The maximum Gasteiger partial charge on any atom is 0.278 e. The molecule has 0 N–H and O–H groups in total. The molecule has 6 nitrogen and oxygen atoms in total. The number of amidine groups is 1. The van der Waals surface area contributed by atoms with Crippen LogP contribution < -0.4 is 4.31 Å². The number of aliphatic imine (C=N–C) groups is 2. The lowest BCUT2D eigenvalue weighted by atomic mass is 9.92. The smallest absolute Gasteiger partial charge is 0.278 e. The van der Waals surface area contributed by atoms with Crippen LogP contribution in [0.3, 0.4) is 0 Å². The van der Waals surface area contributed by atoms with Crippen molar-refractivity contribution in [1.29, 1.82) is 0 Å². The molecule has 0 aromatic heterocycles. The van der Waals surface area contributed by atoms with Gasteiger partial charge in [-0.2, -0.15) is 10.2 Å². The highest BCUT2D eigenvalue weighted by Gasteiger charge is 2.25. The lowest BCUT2D eigenvalue weighted by Crippen LogP contribution is -2.38. The highest BCUT2D eigenvalue weighted by atomic mass is 32.2. The molecule has 0 radical (unpaired) electrons. The second-order valence-electron chi connectivity index (χ2n) is 9.60. The topological polar surface area (TPSA) is 55.9 Å². The molecule has 0 atom stereocenters. The Balaban J connectivity index is 0.00000172. The van der Waals surface area contributed by atoms with Crippen LogP contribution in [0.5, 0.6) is 0 Å². The Morgan fingerprint density at radius 3 is 2.33 bits per heavy atom. The zero-order valence-electron chi connectivity index (χ0n) is 23.1. The monoisotopic (exact) mass is 552 g/mol. The van der Waals surface area contributed by atoms with Gasteiger partial charge in [-0.3, -0.25) is 4.99 Å². The number of rotatable bonds is 10. The van der Waals surface area contributed by atoms with Gasteiger partial charge < -0.3 is 9.21 Å². The molecule has 3 aliphatic heterocycles. The van der Waals surface area contributed by atoms with E-state index in [0.717, 1.165) is 68.3 Å². The van der Waals surface area contributed by atoms with Gasteiger partial charge in [0.25, 0.3) is 6.43 Å². The number of piperidine rings is 1. The van der Waals surface area contributed by atoms with Gasteiger partial charge in [0.2, 0.25) is 0 Å². The van der Waals surface area contributed by atoms with E-state index in [0.29, 0.717) is 11.6 Å². The van der Waals surface area contributed by atoms with E-state index in [1.54, 1.807) is 0 Å². The first-order chi connectivity index (χ1) is 19.0. The summed E-state index contributed by atoms with van der Waals surface area (Å²) in [5.74, 6) is 2.51. The highest BCUT2D eigenvalue weighted by molar-refractivity contribution is 8.00. The van der Waals surface area contributed by atoms with Gasteiger partial charge in [0.05, 0.1) is 18.8 Å². The summed E-state index contributed by atoms with van der Waals surface area (Å²) in [6, 6.07) is 18.4. The van der Waals surface area contributed by atoms with E-state index in [1.165, 1.54) is 11.4 Å². The second kappa shape index (κ2) is 14.5. The maximum absolute atomic E-state index is 12.9. The SMILES string of the molecule is CC.CC1=NCC(C2CCN(CCSN(Cc3ccc(C4=NN=C(C(F)F)C4)cc3)c3ccccc3)CC2)=N1. The molecule has 5 rings (SSSR count). The van der Waals surface area contributed by atoms with Crippen molar-refractivity contribution < 1.29 is 8.78 Å². The van der Waals surface area contributed by atoms with Crippen LogP contribution in [0.4, 0.5) is 14.5 Å². The van der Waals surface area contributed by atoms with Crippen molar-refractivity contribution in [1.82, 2.24) is 4.90 Å². The van der Waals surface area contributed by atoms with Crippen LogP contribution in [-0.4, -0.2) is 66.2 Å². The normalized spacial score (nSPS) is 17.8. The molecule has 3 aliphatic rings. The average molecular weight is 553 g/mol. The molecule has 39 heavy (non-hydrogen) atoms. The highest BCUT2D eigenvalue weighted by Crippen LogP contribution is 2.27. The fraction of sp³-hybridized carbons (Fsp3) is 0.467. The zero-order valence-corrected chi connectivity index (χ0v) is 23.9. The minimum atomic E-state index is -2.55. The number of para-hydroxylation sites is 1. The Hall–Kier alpha value is -2.91. The lowest BCUT2D eigenvalue weighted by Gasteiger charge is -2.32. The van der Waals surface area contributed by atoms with E-state index in [2.05, 4.69) is 65.8 Å². The van der Waals surface area contributed by atoms with Crippen molar-refractivity contribution in [2.45, 2.75) is 53.0 Å². The van der Waals surface area contributed by atoms with Gasteiger partial charge in [-0.1, -0.05) is 56.3 Å². The molecule has 0 unspecified atom stereocenters. The first kappa shape index (κ1) is 29.1. The number of hydrogen-bond acceptors (Lipinski definition) is 7. The van der Waals surface area contributed by atoms with Crippen LogP contribution >= 0.6 is 11.9 Å². The maximum atomic E-state index is 12.9. The van der Waals surface area contributed by atoms with Crippen LogP contribution in [-0.2, 0) is 6.54 Å². The van der Waals surface area contributed by atoms with E-state index in [9.17, 15) is 8.78 Å². The molecule has 208 valence electrons. The molecule has 0 spiro atoms. The minimum Gasteiger partial charge on any atom is -0.312 e. The Morgan fingerprint density at radius 2 is 1.72 bits per heavy atom. The van der Waals surface area contributed by atoms with Crippen molar-refractivity contribution in [3.63, 3.8) is 0 Å². The fourth-order valence-corrected chi connectivity index (χ4v) is 5.96. The van der Waals surface area contributed by atoms with Crippen LogP contribution in [0.15, 0.2) is 74.8 Å². The van der Waals surface area contributed by atoms with Crippen molar-refractivity contribution in [3.05, 3.63) is 65.7 Å². The van der Waals surface area contributed by atoms with Crippen LogP contribution in [0, 0.1) is 5.92 Å². The van der Waals surface area contributed by atoms with Crippen LogP contribution in [0.1, 0.15) is 51.2 Å². The minimum absolute atomic E-state index is 0.113. The molecule has 1 fully saturated rings. The summed E-state index contributed by atoms with van der Waals surface area (Å²) < 4.78 is 28.1. The summed E-state index contributed by atoms with van der Waals surface area (Å²) in [5.41, 5.74) is 4.88. The first-order valence-corrected chi connectivity index (χ1v) is 14.8. The summed E-state index contributed by atoms with van der Waals surface area (Å²) >= 11 is 1.85. The van der Waals surface area contributed by atoms with Gasteiger partial charge in [0.1, 0.15) is 11.5 Å². The summed E-state index contributed by atoms with van der Waals surface area (Å²) in [6.45, 7) is 10.8. The molecule has 0 aliphatic carbocycles. The number of hydrogen-bond donors (Lipinski definition) is 0.